The summed E-state index contributed by atoms with van der Waals surface area (Å²) in [5.74, 6) is 3.16. The van der Waals surface area contributed by atoms with E-state index in [2.05, 4.69) is 44.2 Å². The molecule has 1 rings (SSSR count). The van der Waals surface area contributed by atoms with Crippen molar-refractivity contribution in [1.29, 1.82) is 0 Å². The molecule has 0 saturated heterocycles. The van der Waals surface area contributed by atoms with E-state index in [9.17, 15) is 4.79 Å². The molecule has 5 heteroatoms. The molecule has 0 unspecified atom stereocenters. The number of hydrogen-bond donors (Lipinski definition) is 0. The van der Waals surface area contributed by atoms with Gasteiger partial charge in [0, 0.05) is 24.8 Å². The van der Waals surface area contributed by atoms with Gasteiger partial charge in [0.05, 0.1) is 17.6 Å². The van der Waals surface area contributed by atoms with Crippen molar-refractivity contribution in [2.75, 3.05) is 24.7 Å². The third-order valence-electron chi connectivity index (χ3n) is 4.52. The Morgan fingerprint density at radius 1 is 1.28 bits per heavy atom. The number of anilines is 1. The fourth-order valence-electron chi connectivity index (χ4n) is 2.85. The topological polar surface area (TPSA) is 55.3 Å². The summed E-state index contributed by atoms with van der Waals surface area (Å²) in [6, 6.07) is 0.287. The summed E-state index contributed by atoms with van der Waals surface area (Å²) in [5, 5.41) is 0. The van der Waals surface area contributed by atoms with Crippen LogP contribution >= 0.6 is 0 Å². The molecule has 0 amide bonds. The number of hydrogen-bond acceptors (Lipinski definition) is 5. The Balaban J connectivity index is 0.00000302. The molecular weight excluding hydrogens is 398 g/mol. The van der Waals surface area contributed by atoms with Crippen LogP contribution in [-0.2, 0) is 9.53 Å². The summed E-state index contributed by atoms with van der Waals surface area (Å²) >= 11 is 0. The number of nitrogens with zero attached hydrogens (tertiary/aromatic N) is 3. The Bertz CT molecular complexity index is 845. The van der Waals surface area contributed by atoms with E-state index in [0.717, 1.165) is 47.7 Å². The van der Waals surface area contributed by atoms with E-state index < -0.39 is 0 Å². The van der Waals surface area contributed by atoms with Gasteiger partial charge in [0.1, 0.15) is 12.4 Å². The largest absolute Gasteiger partial charge is 0.374 e. The Morgan fingerprint density at radius 3 is 2.44 bits per heavy atom. The van der Waals surface area contributed by atoms with Gasteiger partial charge in [-0.05, 0) is 60.0 Å². The van der Waals surface area contributed by atoms with Crippen LogP contribution in [0.15, 0.2) is 43.7 Å². The quantitative estimate of drug-likeness (QED) is 0.219. The standard InChI is InChI=1S/C24H35N3O2.C3H4/c1-8-13-21(10-3)24-23(19(6)9-2)26-22(16-25-24)27(18(4)5)14-11-12-15-29-17-20(7)28;1-3-2/h8-10,13,16,18H,1,3,11-12,14-15,17H2,2,4-7H3;1H,2H3/b19-9+,21-13+;. The van der Waals surface area contributed by atoms with Gasteiger partial charge in [-0.15, -0.1) is 12.3 Å². The molecule has 174 valence electrons. The van der Waals surface area contributed by atoms with Crippen molar-refractivity contribution >= 4 is 22.7 Å². The third-order valence-corrected chi connectivity index (χ3v) is 4.52. The number of carbonyl (C=O) groups excluding carboxylic acids is 1. The molecule has 0 bridgehead atoms. The second-order valence-corrected chi connectivity index (χ2v) is 7.50. The van der Waals surface area contributed by atoms with Crippen LogP contribution in [0.4, 0.5) is 5.82 Å². The van der Waals surface area contributed by atoms with Crippen LogP contribution in [0.2, 0.25) is 0 Å². The van der Waals surface area contributed by atoms with Crippen molar-refractivity contribution in [1.82, 2.24) is 9.97 Å². The van der Waals surface area contributed by atoms with E-state index in [-0.39, 0.29) is 18.4 Å². The van der Waals surface area contributed by atoms with Crippen LogP contribution in [0.5, 0.6) is 0 Å². The zero-order valence-corrected chi connectivity index (χ0v) is 20.6. The molecular formula is C27H39N3O2. The highest BCUT2D eigenvalue weighted by atomic mass is 16.5. The minimum absolute atomic E-state index is 0.0560. The Kier molecular flexibility index (Phi) is 15.1. The minimum Gasteiger partial charge on any atom is -0.374 e. The maximum atomic E-state index is 10.9. The predicted octanol–water partition coefficient (Wildman–Crippen LogP) is 5.90. The summed E-state index contributed by atoms with van der Waals surface area (Å²) in [6.07, 6.45) is 15.7. The predicted molar refractivity (Wildman–Crippen MR) is 137 cm³/mol. The molecule has 0 spiro atoms. The lowest BCUT2D eigenvalue weighted by Crippen LogP contribution is -2.33. The normalized spacial score (nSPS) is 11.3. The van der Waals surface area contributed by atoms with Crippen LogP contribution < -0.4 is 4.90 Å². The molecule has 1 heterocycles. The molecule has 0 aliphatic carbocycles. The average molecular weight is 438 g/mol. The van der Waals surface area contributed by atoms with Gasteiger partial charge < -0.3 is 9.64 Å². The number of aromatic nitrogens is 2. The average Bonchev–Trinajstić information content (AvgIpc) is 2.76. The SMILES string of the molecule is C#CC.C=C/C=C(\C=C)c1ncc(N(CCCCOCC(C)=O)C(C)C)nc1/C(C)=C/C. The monoisotopic (exact) mass is 437 g/mol. The maximum absolute atomic E-state index is 10.9. The molecule has 0 aliphatic rings. The van der Waals surface area contributed by atoms with Crippen LogP contribution in [0.25, 0.3) is 11.1 Å². The van der Waals surface area contributed by atoms with Gasteiger partial charge in [0.25, 0.3) is 0 Å². The van der Waals surface area contributed by atoms with Gasteiger partial charge in [0.15, 0.2) is 5.78 Å². The molecule has 0 atom stereocenters. The molecule has 1 aromatic rings. The second kappa shape index (κ2) is 16.7. The Labute approximate surface area is 195 Å². The fraction of sp³-hybridized carbons (Fsp3) is 0.444. The Hall–Kier alpha value is -2.97. The molecule has 0 fully saturated rings. The molecule has 0 radical (unpaired) electrons. The summed E-state index contributed by atoms with van der Waals surface area (Å²) < 4.78 is 5.36. The smallest absolute Gasteiger partial charge is 0.155 e. The molecule has 0 saturated carbocycles. The van der Waals surface area contributed by atoms with E-state index in [1.807, 2.05) is 32.2 Å². The first-order valence-electron chi connectivity index (χ1n) is 10.9. The van der Waals surface area contributed by atoms with Gasteiger partial charge in [-0.1, -0.05) is 37.5 Å². The lowest BCUT2D eigenvalue weighted by atomic mass is 10.0. The summed E-state index contributed by atoms with van der Waals surface area (Å²) in [4.78, 5) is 22.9. The van der Waals surface area contributed by atoms with Crippen molar-refractivity contribution in [3.63, 3.8) is 0 Å². The zero-order chi connectivity index (χ0) is 24.5. The van der Waals surface area contributed by atoms with Crippen LogP contribution in [0.1, 0.15) is 65.8 Å². The Morgan fingerprint density at radius 2 is 1.94 bits per heavy atom. The van der Waals surface area contributed by atoms with Crippen LogP contribution in [0, 0.1) is 12.3 Å². The number of carbonyl (C=O) groups is 1. The van der Waals surface area contributed by atoms with E-state index in [1.54, 1.807) is 19.1 Å². The lowest BCUT2D eigenvalue weighted by Gasteiger charge is -2.28. The lowest BCUT2D eigenvalue weighted by molar-refractivity contribution is -0.121. The van der Waals surface area contributed by atoms with Crippen LogP contribution in [-0.4, -0.2) is 41.6 Å². The van der Waals surface area contributed by atoms with Gasteiger partial charge >= 0.3 is 0 Å². The molecule has 5 nitrogen and oxygen atoms in total. The van der Waals surface area contributed by atoms with Crippen molar-refractivity contribution in [2.45, 2.75) is 60.4 Å². The van der Waals surface area contributed by atoms with Gasteiger partial charge in [0.2, 0.25) is 0 Å². The van der Waals surface area contributed by atoms with Crippen molar-refractivity contribution in [3.8, 4) is 12.3 Å². The summed E-state index contributed by atoms with van der Waals surface area (Å²) in [7, 11) is 0. The van der Waals surface area contributed by atoms with Crippen molar-refractivity contribution in [3.05, 3.63) is 55.0 Å². The number of unbranched alkanes of at least 4 members (excludes halogenated alkanes) is 1. The van der Waals surface area contributed by atoms with Gasteiger partial charge in [-0.2, -0.15) is 0 Å². The van der Waals surface area contributed by atoms with Crippen molar-refractivity contribution < 1.29 is 9.53 Å². The summed E-state index contributed by atoms with van der Waals surface area (Å²) in [5.41, 5.74) is 3.62. The van der Waals surface area contributed by atoms with Gasteiger partial charge in [-0.25, -0.2) is 4.98 Å². The van der Waals surface area contributed by atoms with E-state index in [0.29, 0.717) is 6.61 Å². The first-order valence-corrected chi connectivity index (χ1v) is 10.9. The molecule has 1 aromatic heterocycles. The first-order chi connectivity index (χ1) is 15.3. The minimum atomic E-state index is 0.0560. The van der Waals surface area contributed by atoms with E-state index in [1.165, 1.54) is 6.92 Å². The zero-order valence-electron chi connectivity index (χ0n) is 20.6. The number of rotatable bonds is 13. The molecule has 0 aliphatic heterocycles. The maximum Gasteiger partial charge on any atom is 0.155 e. The highest BCUT2D eigenvalue weighted by molar-refractivity contribution is 5.80. The van der Waals surface area contributed by atoms with Gasteiger partial charge in [-0.3, -0.25) is 9.78 Å². The number of ketones is 1. The number of terminal acetylenes is 1. The summed E-state index contributed by atoms with van der Waals surface area (Å²) in [6.45, 7) is 20.8. The van der Waals surface area contributed by atoms with Crippen LogP contribution in [0.3, 0.4) is 0 Å². The van der Waals surface area contributed by atoms with Crippen molar-refractivity contribution in [2.24, 2.45) is 0 Å². The highest BCUT2D eigenvalue weighted by Gasteiger charge is 2.17. The third kappa shape index (κ3) is 10.4. The fourth-order valence-corrected chi connectivity index (χ4v) is 2.85. The second-order valence-electron chi connectivity index (χ2n) is 7.50. The number of Topliss-reactive ketones (excluding diaryl/α,β-unsaturated/α-hetero) is 1. The number of allylic oxidation sites excluding steroid dienone is 6. The number of ether oxygens (including phenoxy) is 1. The first kappa shape index (κ1) is 29.0. The highest BCUT2D eigenvalue weighted by Crippen LogP contribution is 2.26. The molecule has 32 heavy (non-hydrogen) atoms. The molecule has 0 N–H and O–H groups in total. The van der Waals surface area contributed by atoms with E-state index in [4.69, 9.17) is 14.7 Å². The molecule has 0 aromatic carbocycles. The van der Waals surface area contributed by atoms with E-state index >= 15 is 0 Å².